The maximum Gasteiger partial charge on any atom is 0.293 e. The number of nitrogens with zero attached hydrogens (tertiary/aromatic N) is 1. The van der Waals surface area contributed by atoms with Crippen molar-refractivity contribution in [1.29, 1.82) is 0 Å². The predicted molar refractivity (Wildman–Crippen MR) is 132 cm³/mol. The standard InChI is InChI=1S/C25H17Cl2F2NO4S/c1-33-21-9-8-14(10-22(21)34-13-16-18(27)5-3-7-20(16)29)11-23-24(31)30(25(32)35-23)12-15-17(26)4-2-6-19(15)28/h2-11H,12-13H2,1H3/b23-11-. The first-order valence-electron chi connectivity index (χ1n) is 10.2. The highest BCUT2D eigenvalue weighted by molar-refractivity contribution is 8.18. The van der Waals surface area contributed by atoms with Crippen LogP contribution >= 0.6 is 35.0 Å². The van der Waals surface area contributed by atoms with Crippen LogP contribution in [0.4, 0.5) is 13.6 Å². The highest BCUT2D eigenvalue weighted by Crippen LogP contribution is 2.36. The Bertz CT molecular complexity index is 1310. The Kier molecular flexibility index (Phi) is 7.64. The quantitative estimate of drug-likeness (QED) is 0.302. The van der Waals surface area contributed by atoms with Crippen molar-refractivity contribution >= 4 is 52.2 Å². The summed E-state index contributed by atoms with van der Waals surface area (Å²) in [5, 5.41) is -0.191. The lowest BCUT2D eigenvalue weighted by Crippen LogP contribution is -2.28. The molecule has 4 rings (SSSR count). The molecule has 0 saturated carbocycles. The van der Waals surface area contributed by atoms with Gasteiger partial charge in [0.25, 0.3) is 11.1 Å². The first-order chi connectivity index (χ1) is 16.8. The largest absolute Gasteiger partial charge is 0.493 e. The van der Waals surface area contributed by atoms with Crippen LogP contribution in [0.1, 0.15) is 16.7 Å². The Balaban J connectivity index is 1.56. The summed E-state index contributed by atoms with van der Waals surface area (Å²) >= 11 is 12.8. The number of hydrogen-bond acceptors (Lipinski definition) is 5. The molecular weight excluding hydrogens is 519 g/mol. The van der Waals surface area contributed by atoms with Crippen molar-refractivity contribution in [2.45, 2.75) is 13.2 Å². The molecule has 0 bridgehead atoms. The van der Waals surface area contributed by atoms with Crippen LogP contribution in [-0.4, -0.2) is 23.2 Å². The van der Waals surface area contributed by atoms with E-state index in [2.05, 4.69) is 0 Å². The van der Waals surface area contributed by atoms with Crippen LogP contribution in [0.5, 0.6) is 11.5 Å². The summed E-state index contributed by atoms with van der Waals surface area (Å²) in [5.41, 5.74) is 0.786. The maximum atomic E-state index is 14.2. The van der Waals surface area contributed by atoms with E-state index in [0.717, 1.165) is 16.7 Å². The van der Waals surface area contributed by atoms with Gasteiger partial charge in [-0.05, 0) is 59.8 Å². The van der Waals surface area contributed by atoms with Gasteiger partial charge >= 0.3 is 0 Å². The summed E-state index contributed by atoms with van der Waals surface area (Å²) in [6.07, 6.45) is 1.51. The summed E-state index contributed by atoms with van der Waals surface area (Å²) in [6.45, 7) is -0.431. The highest BCUT2D eigenvalue weighted by atomic mass is 35.5. The second-order valence-electron chi connectivity index (χ2n) is 7.37. The first-order valence-corrected chi connectivity index (χ1v) is 11.8. The topological polar surface area (TPSA) is 55.8 Å². The molecule has 5 nitrogen and oxygen atoms in total. The van der Waals surface area contributed by atoms with Gasteiger partial charge in [0.1, 0.15) is 18.2 Å². The van der Waals surface area contributed by atoms with E-state index in [4.69, 9.17) is 32.7 Å². The second kappa shape index (κ2) is 10.7. The number of thioether (sulfide) groups is 1. The number of imide groups is 1. The third-order valence-corrected chi connectivity index (χ3v) is 6.79. The maximum absolute atomic E-state index is 14.2. The van der Waals surface area contributed by atoms with Crippen molar-refractivity contribution in [3.8, 4) is 11.5 Å². The minimum atomic E-state index is -0.604. The van der Waals surface area contributed by atoms with Crippen molar-refractivity contribution in [2.75, 3.05) is 7.11 Å². The molecule has 0 radical (unpaired) electrons. The number of benzene rings is 3. The van der Waals surface area contributed by atoms with Gasteiger partial charge < -0.3 is 9.47 Å². The number of carbonyl (C=O) groups excluding carboxylic acids is 2. The van der Waals surface area contributed by atoms with Gasteiger partial charge in [-0.15, -0.1) is 0 Å². The van der Waals surface area contributed by atoms with Crippen molar-refractivity contribution in [1.82, 2.24) is 4.90 Å². The number of carbonyl (C=O) groups is 2. The Morgan fingerprint density at radius 3 is 2.23 bits per heavy atom. The number of ether oxygens (including phenoxy) is 2. The molecule has 0 aromatic heterocycles. The van der Waals surface area contributed by atoms with E-state index in [0.29, 0.717) is 11.3 Å². The van der Waals surface area contributed by atoms with E-state index in [1.165, 1.54) is 43.5 Å². The molecule has 3 aromatic rings. The van der Waals surface area contributed by atoms with Gasteiger partial charge in [0.05, 0.1) is 23.6 Å². The Hall–Kier alpha value is -3.07. The lowest BCUT2D eigenvalue weighted by molar-refractivity contribution is -0.123. The van der Waals surface area contributed by atoms with Crippen LogP contribution in [0.15, 0.2) is 59.5 Å². The van der Waals surface area contributed by atoms with Crippen molar-refractivity contribution in [3.05, 3.63) is 97.9 Å². The molecule has 35 heavy (non-hydrogen) atoms. The number of hydrogen-bond donors (Lipinski definition) is 0. The predicted octanol–water partition coefficient (Wildman–Crippen LogP) is 7.10. The minimum absolute atomic E-state index is 0.0599. The molecule has 180 valence electrons. The van der Waals surface area contributed by atoms with Crippen LogP contribution in [0.3, 0.4) is 0 Å². The van der Waals surface area contributed by atoms with E-state index in [1.807, 2.05) is 0 Å². The molecular formula is C25H17Cl2F2NO4S. The van der Waals surface area contributed by atoms with Crippen molar-refractivity contribution < 1.29 is 27.8 Å². The Morgan fingerprint density at radius 2 is 1.60 bits per heavy atom. The fourth-order valence-electron chi connectivity index (χ4n) is 3.35. The van der Waals surface area contributed by atoms with Crippen molar-refractivity contribution in [2.24, 2.45) is 0 Å². The normalized spacial score (nSPS) is 14.7. The monoisotopic (exact) mass is 535 g/mol. The van der Waals surface area contributed by atoms with Crippen LogP contribution < -0.4 is 9.47 Å². The van der Waals surface area contributed by atoms with E-state index in [9.17, 15) is 18.4 Å². The number of halogens is 4. The van der Waals surface area contributed by atoms with Crippen LogP contribution in [0.2, 0.25) is 10.0 Å². The van der Waals surface area contributed by atoms with Crippen LogP contribution in [0.25, 0.3) is 6.08 Å². The van der Waals surface area contributed by atoms with Gasteiger partial charge in [-0.3, -0.25) is 14.5 Å². The van der Waals surface area contributed by atoms with Crippen molar-refractivity contribution in [3.63, 3.8) is 0 Å². The number of methoxy groups -OCH3 is 1. The summed E-state index contributed by atoms with van der Waals surface area (Å²) in [4.78, 5) is 26.4. The zero-order valence-corrected chi connectivity index (χ0v) is 20.5. The summed E-state index contributed by atoms with van der Waals surface area (Å²) in [6, 6.07) is 13.4. The number of rotatable bonds is 7. The van der Waals surface area contributed by atoms with E-state index in [-0.39, 0.29) is 45.0 Å². The van der Waals surface area contributed by atoms with Gasteiger partial charge in [-0.25, -0.2) is 8.78 Å². The molecule has 1 aliphatic rings. The highest BCUT2D eigenvalue weighted by Gasteiger charge is 2.36. The van der Waals surface area contributed by atoms with E-state index < -0.39 is 22.8 Å². The van der Waals surface area contributed by atoms with E-state index >= 15 is 0 Å². The summed E-state index contributed by atoms with van der Waals surface area (Å²) in [7, 11) is 1.46. The fraction of sp³-hybridized carbons (Fsp3) is 0.120. The van der Waals surface area contributed by atoms with Gasteiger partial charge in [0.2, 0.25) is 0 Å². The molecule has 0 atom stereocenters. The van der Waals surface area contributed by atoms with Gasteiger partial charge in [-0.2, -0.15) is 0 Å². The summed E-state index contributed by atoms with van der Waals surface area (Å²) in [5.74, 6) is -1.01. The molecule has 0 spiro atoms. The third kappa shape index (κ3) is 5.45. The molecule has 0 unspecified atom stereocenters. The molecule has 2 amide bonds. The average Bonchev–Trinajstić information content (AvgIpc) is 3.08. The zero-order chi connectivity index (χ0) is 25.1. The lowest BCUT2D eigenvalue weighted by atomic mass is 10.1. The average molecular weight is 536 g/mol. The fourth-order valence-corrected chi connectivity index (χ4v) is 4.62. The van der Waals surface area contributed by atoms with Crippen LogP contribution in [0, 0.1) is 11.6 Å². The molecule has 1 fully saturated rings. The van der Waals surface area contributed by atoms with E-state index in [1.54, 1.807) is 24.3 Å². The smallest absolute Gasteiger partial charge is 0.293 e. The Labute approximate surface area is 214 Å². The van der Waals surface area contributed by atoms with Gasteiger partial charge in [0.15, 0.2) is 11.5 Å². The molecule has 1 aliphatic heterocycles. The third-order valence-electron chi connectivity index (χ3n) is 5.17. The number of amides is 2. The molecule has 10 heteroatoms. The van der Waals surface area contributed by atoms with Gasteiger partial charge in [0, 0.05) is 16.1 Å². The molecule has 1 saturated heterocycles. The zero-order valence-electron chi connectivity index (χ0n) is 18.2. The second-order valence-corrected chi connectivity index (χ2v) is 9.17. The molecule has 1 heterocycles. The molecule has 3 aromatic carbocycles. The SMILES string of the molecule is COc1ccc(/C=C2\SC(=O)N(Cc3c(F)cccc3Cl)C2=O)cc1OCc1c(F)cccc1Cl. The molecule has 0 aliphatic carbocycles. The molecule has 0 N–H and O–H groups in total. The first kappa shape index (κ1) is 25.0. The van der Waals surface area contributed by atoms with Gasteiger partial charge in [-0.1, -0.05) is 41.4 Å². The van der Waals surface area contributed by atoms with Crippen LogP contribution in [-0.2, 0) is 17.9 Å². The minimum Gasteiger partial charge on any atom is -0.493 e. The summed E-state index contributed by atoms with van der Waals surface area (Å²) < 4.78 is 39.3. The lowest BCUT2D eigenvalue weighted by Gasteiger charge is -2.14. The Morgan fingerprint density at radius 1 is 0.943 bits per heavy atom.